The maximum absolute atomic E-state index is 10.8. The number of non-ortho nitro benzene ring substituents is 1. The molecule has 1 N–H and O–H groups in total. The Morgan fingerprint density at radius 3 is 2.68 bits per heavy atom. The van der Waals surface area contributed by atoms with Gasteiger partial charge in [-0.25, -0.2) is 4.68 Å². The lowest BCUT2D eigenvalue weighted by Gasteiger charge is -2.13. The summed E-state index contributed by atoms with van der Waals surface area (Å²) in [5.74, 6) is 1.37. The summed E-state index contributed by atoms with van der Waals surface area (Å²) in [7, 11) is 1.61. The van der Waals surface area contributed by atoms with Crippen molar-refractivity contribution < 1.29 is 9.66 Å². The number of hydrogen-bond donors (Lipinski definition) is 1. The number of nitrogens with one attached hydrogen (secondary N) is 1. The third-order valence-electron chi connectivity index (χ3n) is 3.86. The molecule has 0 saturated carbocycles. The van der Waals surface area contributed by atoms with Gasteiger partial charge in [-0.3, -0.25) is 10.1 Å². The Balaban J connectivity index is 1.64. The molecule has 0 bridgehead atoms. The minimum Gasteiger partial charge on any atom is -0.496 e. The van der Waals surface area contributed by atoms with Crippen LogP contribution >= 0.6 is 11.8 Å². The first-order chi connectivity index (χ1) is 12.2. The number of rotatable bonds is 4. The molecule has 0 saturated heterocycles. The summed E-state index contributed by atoms with van der Waals surface area (Å²) in [4.78, 5) is 10.4. The van der Waals surface area contributed by atoms with E-state index in [9.17, 15) is 10.1 Å². The summed E-state index contributed by atoms with van der Waals surface area (Å²) < 4.78 is 7.21. The minimum atomic E-state index is -0.409. The second-order valence-corrected chi connectivity index (χ2v) is 6.39. The number of methoxy groups -OCH3 is 1. The van der Waals surface area contributed by atoms with Crippen LogP contribution in [0.2, 0.25) is 0 Å². The zero-order valence-corrected chi connectivity index (χ0v) is 13.9. The molecule has 0 aliphatic carbocycles. The summed E-state index contributed by atoms with van der Waals surface area (Å²) in [6.07, 6.45) is 0. The van der Waals surface area contributed by atoms with E-state index >= 15 is 0 Å². The molecule has 126 valence electrons. The standard InChI is InChI=1S/C16H13N5O3S/c1-24-13-5-3-2-4-12(13)14-17-18-16-20(14)19-15(25-16)10-6-8-11(9-7-10)21(22)23/h2-9,15,19H,1H3. The average Bonchev–Trinajstić information content (AvgIpc) is 3.22. The van der Waals surface area contributed by atoms with E-state index in [1.54, 1.807) is 19.2 Å². The second-order valence-electron chi connectivity index (χ2n) is 5.32. The van der Waals surface area contributed by atoms with Crippen molar-refractivity contribution in [3.05, 3.63) is 64.2 Å². The number of ether oxygens (including phenoxy) is 1. The predicted molar refractivity (Wildman–Crippen MR) is 93.1 cm³/mol. The largest absolute Gasteiger partial charge is 0.496 e. The summed E-state index contributed by atoms with van der Waals surface area (Å²) in [6.45, 7) is 0. The van der Waals surface area contributed by atoms with Crippen LogP contribution in [-0.4, -0.2) is 26.9 Å². The lowest BCUT2D eigenvalue weighted by atomic mass is 10.2. The molecule has 2 heterocycles. The molecule has 2 aromatic carbocycles. The first-order valence-corrected chi connectivity index (χ1v) is 8.31. The Morgan fingerprint density at radius 2 is 1.96 bits per heavy atom. The zero-order valence-electron chi connectivity index (χ0n) is 13.1. The van der Waals surface area contributed by atoms with Gasteiger partial charge in [0, 0.05) is 12.1 Å². The number of hydrogen-bond acceptors (Lipinski definition) is 7. The fraction of sp³-hybridized carbons (Fsp3) is 0.125. The number of fused-ring (bicyclic) bond motifs is 1. The minimum absolute atomic E-state index is 0.0702. The van der Waals surface area contributed by atoms with Crippen molar-refractivity contribution in [3.8, 4) is 17.1 Å². The van der Waals surface area contributed by atoms with Crippen molar-refractivity contribution >= 4 is 17.4 Å². The number of aromatic nitrogens is 3. The van der Waals surface area contributed by atoms with Crippen LogP contribution < -0.4 is 10.2 Å². The van der Waals surface area contributed by atoms with Gasteiger partial charge < -0.3 is 10.2 Å². The van der Waals surface area contributed by atoms with Gasteiger partial charge in [0.15, 0.2) is 5.82 Å². The van der Waals surface area contributed by atoms with Gasteiger partial charge >= 0.3 is 0 Å². The molecule has 1 aromatic heterocycles. The normalized spacial score (nSPS) is 15.5. The van der Waals surface area contributed by atoms with Gasteiger partial charge in [-0.05, 0) is 29.8 Å². The monoisotopic (exact) mass is 355 g/mol. The van der Waals surface area contributed by atoms with Gasteiger partial charge in [0.2, 0.25) is 5.16 Å². The Bertz CT molecular complexity index is 941. The quantitative estimate of drug-likeness (QED) is 0.567. The Morgan fingerprint density at radius 1 is 1.20 bits per heavy atom. The maximum Gasteiger partial charge on any atom is 0.269 e. The summed E-state index contributed by atoms with van der Waals surface area (Å²) >= 11 is 1.50. The van der Waals surface area contributed by atoms with E-state index in [0.29, 0.717) is 11.6 Å². The van der Waals surface area contributed by atoms with Crippen LogP contribution in [0.15, 0.2) is 53.7 Å². The van der Waals surface area contributed by atoms with Gasteiger partial charge in [0.25, 0.3) is 5.69 Å². The van der Waals surface area contributed by atoms with E-state index in [4.69, 9.17) is 4.74 Å². The van der Waals surface area contributed by atoms with Crippen LogP contribution in [0.3, 0.4) is 0 Å². The Kier molecular flexibility index (Phi) is 3.77. The highest BCUT2D eigenvalue weighted by molar-refractivity contribution is 7.99. The van der Waals surface area contributed by atoms with E-state index in [1.165, 1.54) is 23.9 Å². The molecule has 1 unspecified atom stereocenters. The molecular weight excluding hydrogens is 342 g/mol. The molecule has 0 radical (unpaired) electrons. The van der Waals surface area contributed by atoms with Crippen LogP contribution in [0.4, 0.5) is 5.69 Å². The summed E-state index contributed by atoms with van der Waals surface area (Å²) in [5, 5.41) is 19.9. The topological polar surface area (TPSA) is 95.1 Å². The van der Waals surface area contributed by atoms with Gasteiger partial charge in [-0.15, -0.1) is 10.2 Å². The van der Waals surface area contributed by atoms with E-state index in [2.05, 4.69) is 15.6 Å². The highest BCUT2D eigenvalue weighted by Gasteiger charge is 2.29. The fourth-order valence-corrected chi connectivity index (χ4v) is 3.62. The van der Waals surface area contributed by atoms with Gasteiger partial charge in [0.05, 0.1) is 17.6 Å². The molecular formula is C16H13N5O3S. The van der Waals surface area contributed by atoms with Gasteiger partial charge in [0.1, 0.15) is 11.1 Å². The third kappa shape index (κ3) is 2.68. The smallest absolute Gasteiger partial charge is 0.269 e. The van der Waals surface area contributed by atoms with E-state index < -0.39 is 4.92 Å². The molecule has 3 aromatic rings. The van der Waals surface area contributed by atoms with Crippen LogP contribution in [0, 0.1) is 10.1 Å². The van der Waals surface area contributed by atoms with E-state index in [0.717, 1.165) is 16.3 Å². The van der Waals surface area contributed by atoms with Gasteiger partial charge in [-0.2, -0.15) is 0 Å². The average molecular weight is 355 g/mol. The number of thioether (sulfide) groups is 1. The van der Waals surface area contributed by atoms with Crippen molar-refractivity contribution in [1.29, 1.82) is 0 Å². The number of nitro benzene ring substituents is 1. The molecule has 0 spiro atoms. The third-order valence-corrected chi connectivity index (χ3v) is 4.95. The van der Waals surface area contributed by atoms with Crippen LogP contribution in [-0.2, 0) is 0 Å². The Labute approximate surface area is 147 Å². The van der Waals surface area contributed by atoms with Crippen molar-refractivity contribution in [3.63, 3.8) is 0 Å². The maximum atomic E-state index is 10.8. The highest BCUT2D eigenvalue weighted by Crippen LogP contribution is 2.41. The van der Waals surface area contributed by atoms with Crippen molar-refractivity contribution in [2.45, 2.75) is 10.5 Å². The molecule has 1 atom stereocenters. The van der Waals surface area contributed by atoms with Crippen molar-refractivity contribution in [2.24, 2.45) is 0 Å². The molecule has 1 aliphatic rings. The van der Waals surface area contributed by atoms with Crippen molar-refractivity contribution in [1.82, 2.24) is 14.9 Å². The lowest BCUT2D eigenvalue weighted by Crippen LogP contribution is -2.14. The highest BCUT2D eigenvalue weighted by atomic mass is 32.2. The van der Waals surface area contributed by atoms with E-state index in [-0.39, 0.29) is 11.1 Å². The van der Waals surface area contributed by atoms with Crippen LogP contribution in [0.1, 0.15) is 10.9 Å². The summed E-state index contributed by atoms with van der Waals surface area (Å²) in [5.41, 5.74) is 5.15. The molecule has 0 fully saturated rings. The predicted octanol–water partition coefficient (Wildman–Crippen LogP) is 3.21. The van der Waals surface area contributed by atoms with Gasteiger partial charge in [-0.1, -0.05) is 23.9 Å². The first kappa shape index (κ1) is 15.5. The Hall–Kier alpha value is -3.07. The summed E-state index contributed by atoms with van der Waals surface area (Å²) in [6, 6.07) is 14.1. The molecule has 9 heteroatoms. The first-order valence-electron chi connectivity index (χ1n) is 7.44. The van der Waals surface area contributed by atoms with Crippen LogP contribution in [0.5, 0.6) is 5.75 Å². The fourth-order valence-electron chi connectivity index (χ4n) is 2.63. The number of benzene rings is 2. The molecule has 4 rings (SSSR count). The molecule has 25 heavy (non-hydrogen) atoms. The zero-order chi connectivity index (χ0) is 17.4. The number of nitrogens with zero attached hydrogens (tertiary/aromatic N) is 4. The molecule has 0 amide bonds. The lowest BCUT2D eigenvalue weighted by molar-refractivity contribution is -0.384. The second kappa shape index (κ2) is 6.10. The molecule has 1 aliphatic heterocycles. The van der Waals surface area contributed by atoms with Crippen LogP contribution in [0.25, 0.3) is 11.4 Å². The molecule has 8 nitrogen and oxygen atoms in total. The number of para-hydroxylation sites is 1. The number of nitro groups is 1. The van der Waals surface area contributed by atoms with E-state index in [1.807, 2.05) is 28.9 Å². The SMILES string of the molecule is COc1ccccc1-c1nnc2n1NC(c1ccc([N+](=O)[O-])cc1)S2. The van der Waals surface area contributed by atoms with Crippen molar-refractivity contribution in [2.75, 3.05) is 12.5 Å².